The number of allylic oxidation sites excluding steroid dienone is 5. The Morgan fingerprint density at radius 1 is 1.11 bits per heavy atom. The van der Waals surface area contributed by atoms with E-state index in [2.05, 4.69) is 43.8 Å². The van der Waals surface area contributed by atoms with Gasteiger partial charge >= 0.3 is 0 Å². The number of benzene rings is 1. The van der Waals surface area contributed by atoms with Crippen LogP contribution in [-0.4, -0.2) is 6.29 Å². The lowest BCUT2D eigenvalue weighted by molar-refractivity contribution is -0.106. The topological polar surface area (TPSA) is 17.1 Å². The molecule has 1 aromatic rings. The van der Waals surface area contributed by atoms with Crippen molar-refractivity contribution in [3.8, 4) is 0 Å². The number of hydrogen-bond acceptors (Lipinski definition) is 1. The molecule has 1 nitrogen and oxygen atoms in total. The monoisotopic (exact) mass is 258 g/mol. The van der Waals surface area contributed by atoms with Gasteiger partial charge in [-0.2, -0.15) is 0 Å². The molecule has 0 aliphatic carbocycles. The minimum Gasteiger partial charge on any atom is -0.304 e. The molecule has 0 radical (unpaired) electrons. The molecule has 0 aliphatic rings. The summed E-state index contributed by atoms with van der Waals surface area (Å²) in [6.45, 7) is 13.3. The van der Waals surface area contributed by atoms with Gasteiger partial charge in [0.15, 0.2) is 0 Å². The summed E-state index contributed by atoms with van der Waals surface area (Å²) in [5.74, 6) is 0. The number of carbonyl (C=O) groups is 1. The maximum absolute atomic E-state index is 8.81. The first-order chi connectivity index (χ1) is 9.19. The van der Waals surface area contributed by atoms with Gasteiger partial charge < -0.3 is 4.79 Å². The first-order valence-electron chi connectivity index (χ1n) is 6.61. The van der Waals surface area contributed by atoms with Crippen LogP contribution in [0.15, 0.2) is 55.1 Å². The average molecular weight is 258 g/mol. The number of carbonyl (C=O) groups excluding carboxylic acids is 1. The van der Waals surface area contributed by atoms with Crippen LogP contribution in [0.4, 0.5) is 0 Å². The predicted molar refractivity (Wildman–Crippen MR) is 87.3 cm³/mol. The SMILES string of the molecule is C=C/C=C(\C=C/C)c1ccc(C)cc1.CC.CC=O. The fourth-order valence-electron chi connectivity index (χ4n) is 1.30. The maximum atomic E-state index is 8.81. The summed E-state index contributed by atoms with van der Waals surface area (Å²) >= 11 is 0. The molecule has 1 heteroatoms. The van der Waals surface area contributed by atoms with Crippen LogP contribution < -0.4 is 0 Å². The van der Waals surface area contributed by atoms with Gasteiger partial charge in [-0.1, -0.05) is 74.6 Å². The molecular formula is C18H26O. The van der Waals surface area contributed by atoms with Gasteiger partial charge in [0.25, 0.3) is 0 Å². The molecule has 104 valence electrons. The largest absolute Gasteiger partial charge is 0.304 e. The molecule has 0 N–H and O–H groups in total. The molecule has 0 aromatic heterocycles. The normalized spacial score (nSPS) is 9.84. The van der Waals surface area contributed by atoms with Crippen molar-refractivity contribution in [2.45, 2.75) is 34.6 Å². The second kappa shape index (κ2) is 14.2. The number of rotatable bonds is 3. The van der Waals surface area contributed by atoms with Crippen molar-refractivity contribution < 1.29 is 4.79 Å². The molecule has 0 unspecified atom stereocenters. The van der Waals surface area contributed by atoms with E-state index in [0.29, 0.717) is 0 Å². The summed E-state index contributed by atoms with van der Waals surface area (Å²) in [6, 6.07) is 8.50. The summed E-state index contributed by atoms with van der Waals surface area (Å²) in [5, 5.41) is 0. The fraction of sp³-hybridized carbons (Fsp3) is 0.278. The standard InChI is InChI=1S/C14H16.C2H4O.C2H6/c1-4-6-13(7-5-2)14-10-8-12(3)9-11-14;1-2-3;1-2/h4-11H,1H2,2-3H3;2H,1H3;1-2H3/b7-5-,13-6+;;. The lowest BCUT2D eigenvalue weighted by atomic mass is 10.0. The van der Waals surface area contributed by atoms with Crippen molar-refractivity contribution in [2.24, 2.45) is 0 Å². The third-order valence-electron chi connectivity index (χ3n) is 2.03. The van der Waals surface area contributed by atoms with Crippen molar-refractivity contribution in [3.05, 3.63) is 66.3 Å². The lowest BCUT2D eigenvalue weighted by Crippen LogP contribution is -1.80. The molecule has 0 saturated heterocycles. The Morgan fingerprint density at radius 2 is 1.58 bits per heavy atom. The smallest absolute Gasteiger partial charge is 0.116 e. The zero-order valence-electron chi connectivity index (χ0n) is 12.8. The highest BCUT2D eigenvalue weighted by Gasteiger charge is 1.95. The molecule has 0 bridgehead atoms. The number of aldehydes is 1. The van der Waals surface area contributed by atoms with Crippen LogP contribution in [0.1, 0.15) is 38.8 Å². The molecule has 0 saturated carbocycles. The molecule has 0 spiro atoms. The zero-order valence-corrected chi connectivity index (χ0v) is 12.8. The quantitative estimate of drug-likeness (QED) is 0.526. The third-order valence-corrected chi connectivity index (χ3v) is 2.03. The van der Waals surface area contributed by atoms with E-state index in [1.54, 1.807) is 0 Å². The average Bonchev–Trinajstić information content (AvgIpc) is 2.43. The van der Waals surface area contributed by atoms with Gasteiger partial charge in [0.2, 0.25) is 0 Å². The van der Waals surface area contributed by atoms with Crippen LogP contribution in [-0.2, 0) is 4.79 Å². The Labute approximate surface area is 118 Å². The van der Waals surface area contributed by atoms with Crippen molar-refractivity contribution in [1.82, 2.24) is 0 Å². The molecule has 0 fully saturated rings. The molecule has 0 aliphatic heterocycles. The second-order valence-electron chi connectivity index (χ2n) is 3.46. The van der Waals surface area contributed by atoms with E-state index in [-0.39, 0.29) is 0 Å². The summed E-state index contributed by atoms with van der Waals surface area (Å²) in [4.78, 5) is 8.81. The van der Waals surface area contributed by atoms with Crippen molar-refractivity contribution in [3.63, 3.8) is 0 Å². The van der Waals surface area contributed by atoms with E-state index < -0.39 is 0 Å². The first kappa shape index (κ1) is 19.4. The number of hydrogen-bond donors (Lipinski definition) is 0. The highest BCUT2D eigenvalue weighted by atomic mass is 16.1. The Bertz CT molecular complexity index is 394. The van der Waals surface area contributed by atoms with Gasteiger partial charge in [-0.15, -0.1) is 0 Å². The van der Waals surface area contributed by atoms with Crippen molar-refractivity contribution >= 4 is 11.9 Å². The summed E-state index contributed by atoms with van der Waals surface area (Å²) < 4.78 is 0. The Balaban J connectivity index is 0. The van der Waals surface area contributed by atoms with Gasteiger partial charge in [-0.05, 0) is 31.9 Å². The van der Waals surface area contributed by atoms with Crippen LogP contribution in [0.25, 0.3) is 5.57 Å². The van der Waals surface area contributed by atoms with Crippen LogP contribution in [0.5, 0.6) is 0 Å². The zero-order chi connectivity index (χ0) is 15.1. The van der Waals surface area contributed by atoms with E-state index in [9.17, 15) is 0 Å². The summed E-state index contributed by atoms with van der Waals surface area (Å²) in [6.07, 6.45) is 8.71. The van der Waals surface area contributed by atoms with Crippen molar-refractivity contribution in [2.75, 3.05) is 0 Å². The van der Waals surface area contributed by atoms with E-state index >= 15 is 0 Å². The van der Waals surface area contributed by atoms with E-state index in [1.165, 1.54) is 23.6 Å². The van der Waals surface area contributed by atoms with Crippen LogP contribution >= 0.6 is 0 Å². The second-order valence-corrected chi connectivity index (χ2v) is 3.46. The Kier molecular flexibility index (Phi) is 14.5. The van der Waals surface area contributed by atoms with Crippen LogP contribution in [0.2, 0.25) is 0 Å². The van der Waals surface area contributed by atoms with Gasteiger partial charge in [-0.25, -0.2) is 0 Å². The molecule has 0 heterocycles. The fourth-order valence-corrected chi connectivity index (χ4v) is 1.30. The summed E-state index contributed by atoms with van der Waals surface area (Å²) in [7, 11) is 0. The molecule has 1 rings (SSSR count). The highest BCUT2D eigenvalue weighted by Crippen LogP contribution is 2.16. The molecule has 1 aromatic carbocycles. The van der Waals surface area contributed by atoms with E-state index in [1.807, 2.05) is 39.0 Å². The minimum absolute atomic E-state index is 0.750. The maximum Gasteiger partial charge on any atom is 0.116 e. The van der Waals surface area contributed by atoms with Gasteiger partial charge in [0.05, 0.1) is 0 Å². The van der Waals surface area contributed by atoms with Crippen LogP contribution in [0.3, 0.4) is 0 Å². The molecule has 19 heavy (non-hydrogen) atoms. The van der Waals surface area contributed by atoms with E-state index in [0.717, 1.165) is 6.29 Å². The van der Waals surface area contributed by atoms with Gasteiger partial charge in [-0.3, -0.25) is 0 Å². The first-order valence-corrected chi connectivity index (χ1v) is 6.61. The molecule has 0 atom stereocenters. The van der Waals surface area contributed by atoms with Gasteiger partial charge in [0.1, 0.15) is 6.29 Å². The summed E-state index contributed by atoms with van der Waals surface area (Å²) in [5.41, 5.74) is 3.71. The van der Waals surface area contributed by atoms with Crippen LogP contribution in [0, 0.1) is 6.92 Å². The van der Waals surface area contributed by atoms with E-state index in [4.69, 9.17) is 4.79 Å². The van der Waals surface area contributed by atoms with Crippen molar-refractivity contribution in [1.29, 1.82) is 0 Å². The lowest BCUT2D eigenvalue weighted by Gasteiger charge is -2.02. The minimum atomic E-state index is 0.750. The van der Waals surface area contributed by atoms with Gasteiger partial charge in [0, 0.05) is 0 Å². The number of aryl methyl sites for hydroxylation is 1. The highest BCUT2D eigenvalue weighted by molar-refractivity contribution is 5.75. The molecule has 0 amide bonds. The predicted octanol–water partition coefficient (Wildman–Crippen LogP) is 5.37. The Hall–Kier alpha value is -1.89. The Morgan fingerprint density at radius 3 is 1.95 bits per heavy atom. The third kappa shape index (κ3) is 9.78. The molecular weight excluding hydrogens is 232 g/mol.